The zero-order valence-corrected chi connectivity index (χ0v) is 18.9. The van der Waals surface area contributed by atoms with Crippen molar-refractivity contribution in [3.8, 4) is 0 Å². The van der Waals surface area contributed by atoms with E-state index in [-0.39, 0.29) is 12.3 Å². The van der Waals surface area contributed by atoms with Crippen molar-refractivity contribution in [1.82, 2.24) is 5.32 Å². The molecule has 8 heteroatoms. The smallest absolute Gasteiger partial charge is 0.326 e. The molecule has 162 valence electrons. The number of carboxylic acids is 1. The number of carbonyl (C=O) groups is 2. The van der Waals surface area contributed by atoms with E-state index in [9.17, 15) is 14.7 Å². The molecular formula is C23H22Cl2N2O3S. The molecule has 1 amide bonds. The van der Waals surface area contributed by atoms with E-state index in [1.165, 1.54) is 11.3 Å². The van der Waals surface area contributed by atoms with Crippen LogP contribution in [0.5, 0.6) is 0 Å². The normalized spacial score (nSPS) is 12.0. The summed E-state index contributed by atoms with van der Waals surface area (Å²) in [5.74, 6) is -1.60. The predicted octanol–water partition coefficient (Wildman–Crippen LogP) is 5.16. The van der Waals surface area contributed by atoms with Gasteiger partial charge in [-0.05, 0) is 66.9 Å². The van der Waals surface area contributed by atoms with Crippen LogP contribution in [0.25, 0.3) is 0 Å². The Labute approximate surface area is 194 Å². The summed E-state index contributed by atoms with van der Waals surface area (Å²) in [5, 5.41) is 13.2. The van der Waals surface area contributed by atoms with Gasteiger partial charge in [-0.15, -0.1) is 11.3 Å². The molecule has 0 aliphatic carbocycles. The molecule has 0 aliphatic heterocycles. The second-order valence-electron chi connectivity index (χ2n) is 7.03. The molecule has 0 aliphatic rings. The van der Waals surface area contributed by atoms with Gasteiger partial charge in [0.25, 0.3) is 5.91 Å². The molecule has 0 saturated heterocycles. The van der Waals surface area contributed by atoms with Crippen LogP contribution in [0.4, 0.5) is 0 Å². The van der Waals surface area contributed by atoms with Crippen LogP contribution < -0.4 is 11.1 Å². The van der Waals surface area contributed by atoms with Crippen molar-refractivity contribution >= 4 is 46.4 Å². The summed E-state index contributed by atoms with van der Waals surface area (Å²) >= 11 is 13.5. The maximum atomic E-state index is 12.7. The molecule has 0 bridgehead atoms. The summed E-state index contributed by atoms with van der Waals surface area (Å²) in [7, 11) is 0. The SMILES string of the molecule is NCCC[C@H](NC(=O)c1ccc(C(c2ccc(Cl)cc2)c2ccc(Cl)cc2)s1)C(=O)O. The number of hydrogen-bond donors (Lipinski definition) is 3. The van der Waals surface area contributed by atoms with Gasteiger partial charge in [0.15, 0.2) is 0 Å². The Morgan fingerprint density at radius 3 is 1.97 bits per heavy atom. The lowest BCUT2D eigenvalue weighted by atomic mass is 9.90. The van der Waals surface area contributed by atoms with Crippen molar-refractivity contribution in [3.05, 3.63) is 91.6 Å². The van der Waals surface area contributed by atoms with Gasteiger partial charge in [0.05, 0.1) is 4.88 Å². The molecule has 1 aromatic heterocycles. The van der Waals surface area contributed by atoms with E-state index in [4.69, 9.17) is 28.9 Å². The fraction of sp³-hybridized carbons (Fsp3) is 0.217. The van der Waals surface area contributed by atoms with E-state index in [1.54, 1.807) is 6.07 Å². The summed E-state index contributed by atoms with van der Waals surface area (Å²) in [6.45, 7) is 0.368. The first kappa shape index (κ1) is 23.3. The molecule has 0 fully saturated rings. The third-order valence-corrected chi connectivity index (χ3v) is 6.49. The van der Waals surface area contributed by atoms with Gasteiger partial charge in [-0.2, -0.15) is 0 Å². The minimum atomic E-state index is -1.07. The van der Waals surface area contributed by atoms with Gasteiger partial charge in [0.2, 0.25) is 0 Å². The molecule has 0 unspecified atom stereocenters. The van der Waals surface area contributed by atoms with Crippen molar-refractivity contribution in [2.45, 2.75) is 24.8 Å². The minimum absolute atomic E-state index is 0.117. The van der Waals surface area contributed by atoms with Crippen molar-refractivity contribution in [3.63, 3.8) is 0 Å². The number of benzene rings is 2. The van der Waals surface area contributed by atoms with Crippen LogP contribution in [0.1, 0.15) is 44.4 Å². The van der Waals surface area contributed by atoms with Gasteiger partial charge in [-0.1, -0.05) is 47.5 Å². The maximum Gasteiger partial charge on any atom is 0.326 e. The highest BCUT2D eigenvalue weighted by Gasteiger charge is 2.23. The Balaban J connectivity index is 1.89. The highest BCUT2D eigenvalue weighted by Crippen LogP contribution is 2.37. The van der Waals surface area contributed by atoms with Crippen LogP contribution in [0, 0.1) is 0 Å². The summed E-state index contributed by atoms with van der Waals surface area (Å²) in [6.07, 6.45) is 0.802. The first-order chi connectivity index (χ1) is 14.9. The molecule has 3 rings (SSSR count). The zero-order valence-electron chi connectivity index (χ0n) is 16.6. The highest BCUT2D eigenvalue weighted by molar-refractivity contribution is 7.14. The number of aliphatic carboxylic acids is 1. The number of carboxylic acid groups (broad SMARTS) is 1. The third-order valence-electron chi connectivity index (χ3n) is 4.84. The van der Waals surface area contributed by atoms with Crippen molar-refractivity contribution in [1.29, 1.82) is 0 Å². The predicted molar refractivity (Wildman–Crippen MR) is 125 cm³/mol. The average molecular weight is 477 g/mol. The van der Waals surface area contributed by atoms with Crippen LogP contribution in [0.15, 0.2) is 60.7 Å². The molecule has 5 nitrogen and oxygen atoms in total. The number of halogens is 2. The van der Waals surface area contributed by atoms with Crippen LogP contribution in [-0.4, -0.2) is 29.6 Å². The number of rotatable bonds is 9. The Hall–Kier alpha value is -2.38. The van der Waals surface area contributed by atoms with E-state index in [2.05, 4.69) is 5.32 Å². The first-order valence-electron chi connectivity index (χ1n) is 9.73. The maximum absolute atomic E-state index is 12.7. The standard InChI is InChI=1S/C23H22Cl2N2O3S/c24-16-7-3-14(4-8-16)21(15-5-9-17(25)10-6-15)19-11-12-20(31-19)22(28)27-18(23(29)30)2-1-13-26/h3-12,18,21H,1-2,13,26H2,(H,27,28)(H,29,30)/t18-/m0/s1. The lowest BCUT2D eigenvalue weighted by Crippen LogP contribution is -2.40. The summed E-state index contributed by atoms with van der Waals surface area (Å²) in [5.41, 5.74) is 7.51. The van der Waals surface area contributed by atoms with Gasteiger partial charge in [-0.3, -0.25) is 4.79 Å². The van der Waals surface area contributed by atoms with Gasteiger partial charge in [0, 0.05) is 20.8 Å². The van der Waals surface area contributed by atoms with E-state index in [0.29, 0.717) is 27.9 Å². The van der Waals surface area contributed by atoms with Gasteiger partial charge in [0.1, 0.15) is 6.04 Å². The van der Waals surface area contributed by atoms with Crippen molar-refractivity contribution in [2.24, 2.45) is 5.73 Å². The lowest BCUT2D eigenvalue weighted by Gasteiger charge is -2.17. The highest BCUT2D eigenvalue weighted by atomic mass is 35.5. The second kappa shape index (κ2) is 10.8. The number of carbonyl (C=O) groups excluding carboxylic acids is 1. The molecule has 2 aromatic carbocycles. The summed E-state index contributed by atoms with van der Waals surface area (Å²) < 4.78 is 0. The molecule has 1 heterocycles. The fourth-order valence-electron chi connectivity index (χ4n) is 3.27. The second-order valence-corrected chi connectivity index (χ2v) is 9.02. The van der Waals surface area contributed by atoms with Gasteiger partial charge < -0.3 is 16.2 Å². The number of thiophene rings is 1. The minimum Gasteiger partial charge on any atom is -0.480 e. The molecular weight excluding hydrogens is 455 g/mol. The van der Waals surface area contributed by atoms with Crippen molar-refractivity contribution in [2.75, 3.05) is 6.54 Å². The fourth-order valence-corrected chi connectivity index (χ4v) is 4.59. The van der Waals surface area contributed by atoms with E-state index in [0.717, 1.165) is 16.0 Å². The number of amides is 1. The largest absolute Gasteiger partial charge is 0.480 e. The first-order valence-corrected chi connectivity index (χ1v) is 11.3. The van der Waals surface area contributed by atoms with E-state index in [1.807, 2.05) is 54.6 Å². The molecule has 4 N–H and O–H groups in total. The lowest BCUT2D eigenvalue weighted by molar-refractivity contribution is -0.139. The molecule has 3 aromatic rings. The van der Waals surface area contributed by atoms with Crippen LogP contribution >= 0.6 is 34.5 Å². The van der Waals surface area contributed by atoms with Crippen LogP contribution in [0.3, 0.4) is 0 Å². The Morgan fingerprint density at radius 1 is 0.935 bits per heavy atom. The number of nitrogens with two attached hydrogens (primary N) is 1. The summed E-state index contributed by atoms with van der Waals surface area (Å²) in [6, 6.07) is 17.8. The van der Waals surface area contributed by atoms with E-state index >= 15 is 0 Å². The number of hydrogen-bond acceptors (Lipinski definition) is 4. The quantitative estimate of drug-likeness (QED) is 0.397. The summed E-state index contributed by atoms with van der Waals surface area (Å²) in [4.78, 5) is 25.5. The molecule has 0 spiro atoms. The monoisotopic (exact) mass is 476 g/mol. The van der Waals surface area contributed by atoms with Crippen LogP contribution in [-0.2, 0) is 4.79 Å². The molecule has 1 atom stereocenters. The molecule has 0 radical (unpaired) electrons. The average Bonchev–Trinajstić information content (AvgIpc) is 3.23. The Morgan fingerprint density at radius 2 is 1.48 bits per heavy atom. The van der Waals surface area contributed by atoms with Gasteiger partial charge >= 0.3 is 5.97 Å². The molecule has 31 heavy (non-hydrogen) atoms. The number of nitrogens with one attached hydrogen (secondary N) is 1. The Kier molecular flexibility index (Phi) is 8.09. The van der Waals surface area contributed by atoms with Gasteiger partial charge in [-0.25, -0.2) is 4.79 Å². The van der Waals surface area contributed by atoms with E-state index < -0.39 is 17.9 Å². The zero-order chi connectivity index (χ0) is 22.4. The topological polar surface area (TPSA) is 92.4 Å². The Bertz CT molecular complexity index is 990. The van der Waals surface area contributed by atoms with Crippen LogP contribution in [0.2, 0.25) is 10.0 Å². The molecule has 0 saturated carbocycles. The third kappa shape index (κ3) is 6.08. The van der Waals surface area contributed by atoms with Crippen molar-refractivity contribution < 1.29 is 14.7 Å².